The Morgan fingerprint density at radius 2 is 2.04 bits per heavy atom. The van der Waals surface area contributed by atoms with E-state index >= 15 is 0 Å². The van der Waals surface area contributed by atoms with E-state index in [1.807, 2.05) is 0 Å². The molecule has 0 aliphatic carbocycles. The smallest absolute Gasteiger partial charge is 0.344 e. The van der Waals surface area contributed by atoms with Gasteiger partial charge in [-0.2, -0.15) is 0 Å². The van der Waals surface area contributed by atoms with Crippen molar-refractivity contribution in [3.63, 3.8) is 0 Å². The fourth-order valence-corrected chi connectivity index (χ4v) is 2.79. The Morgan fingerprint density at radius 1 is 1.33 bits per heavy atom. The zero-order chi connectivity index (χ0) is 17.4. The van der Waals surface area contributed by atoms with Gasteiger partial charge in [0.2, 0.25) is 0 Å². The number of ether oxygens (including phenoxy) is 2. The Labute approximate surface area is 136 Å². The van der Waals surface area contributed by atoms with E-state index in [2.05, 4.69) is 0 Å². The predicted octanol–water partition coefficient (Wildman–Crippen LogP) is 1.89. The highest BCUT2D eigenvalue weighted by Gasteiger charge is 2.42. The number of aryl methyl sites for hydroxylation is 1. The van der Waals surface area contributed by atoms with E-state index in [1.54, 1.807) is 31.2 Å². The maximum atomic E-state index is 12.4. The van der Waals surface area contributed by atoms with Crippen LogP contribution in [0.1, 0.15) is 22.8 Å². The topological polar surface area (TPSA) is 118 Å². The van der Waals surface area contributed by atoms with Crippen molar-refractivity contribution in [2.45, 2.75) is 12.8 Å². The number of para-hydroxylation sites is 1. The quantitative estimate of drug-likeness (QED) is 0.674. The second-order valence-corrected chi connectivity index (χ2v) is 5.21. The molecule has 0 amide bonds. The Balaban J connectivity index is 2.36. The molecule has 2 aromatic rings. The standard InChI is InChI=1S/C16H14N2O6/c1-8-7-11-13(16(19)23-8)12(14(18(20)21)15(17)24-11)9-5-3-4-6-10(9)22-2/h3-7,12H,17H2,1-2H3/t12-/m1/s1. The molecule has 124 valence electrons. The minimum absolute atomic E-state index is 0.0194. The van der Waals surface area contributed by atoms with Gasteiger partial charge in [-0.25, -0.2) is 4.79 Å². The predicted molar refractivity (Wildman–Crippen MR) is 83.4 cm³/mol. The lowest BCUT2D eigenvalue weighted by molar-refractivity contribution is -0.432. The number of benzene rings is 1. The molecule has 8 nitrogen and oxygen atoms in total. The lowest BCUT2D eigenvalue weighted by Gasteiger charge is -2.24. The molecule has 0 radical (unpaired) electrons. The summed E-state index contributed by atoms with van der Waals surface area (Å²) in [6, 6.07) is 8.17. The summed E-state index contributed by atoms with van der Waals surface area (Å²) in [6.45, 7) is 1.58. The molecule has 0 spiro atoms. The van der Waals surface area contributed by atoms with Crippen LogP contribution in [-0.2, 0) is 0 Å². The molecule has 1 aromatic heterocycles. The molecular weight excluding hydrogens is 316 g/mol. The first kappa shape index (κ1) is 15.6. The van der Waals surface area contributed by atoms with Crippen molar-refractivity contribution < 1.29 is 18.8 Å². The molecule has 2 N–H and O–H groups in total. The first-order chi connectivity index (χ1) is 11.4. The number of nitrogens with two attached hydrogens (primary N) is 1. The molecule has 1 aliphatic rings. The third kappa shape index (κ3) is 2.37. The Morgan fingerprint density at radius 3 is 2.71 bits per heavy atom. The third-order valence-corrected chi connectivity index (χ3v) is 3.75. The molecular formula is C16H14N2O6. The first-order valence-corrected chi connectivity index (χ1v) is 7.03. The minimum atomic E-state index is -1.06. The van der Waals surface area contributed by atoms with Crippen molar-refractivity contribution in [1.29, 1.82) is 0 Å². The zero-order valence-corrected chi connectivity index (χ0v) is 12.9. The van der Waals surface area contributed by atoms with Gasteiger partial charge in [0.25, 0.3) is 5.88 Å². The molecule has 0 saturated heterocycles. The average Bonchev–Trinajstić information content (AvgIpc) is 2.52. The van der Waals surface area contributed by atoms with Gasteiger partial charge in [0.05, 0.1) is 17.6 Å². The summed E-state index contributed by atoms with van der Waals surface area (Å²) in [5.74, 6) is -0.578. The molecule has 1 aromatic carbocycles. The van der Waals surface area contributed by atoms with Crippen molar-refractivity contribution in [2.75, 3.05) is 7.11 Å². The molecule has 1 atom stereocenters. The van der Waals surface area contributed by atoms with E-state index in [0.717, 1.165) is 0 Å². The maximum absolute atomic E-state index is 12.4. The number of fused-ring (bicyclic) bond motifs is 1. The van der Waals surface area contributed by atoms with E-state index in [4.69, 9.17) is 19.6 Å². The Hall–Kier alpha value is -3.29. The first-order valence-electron chi connectivity index (χ1n) is 7.03. The van der Waals surface area contributed by atoms with E-state index < -0.39 is 22.2 Å². The molecule has 0 bridgehead atoms. The van der Waals surface area contributed by atoms with Crippen LogP contribution in [0.4, 0.5) is 0 Å². The van der Waals surface area contributed by atoms with Gasteiger partial charge in [-0.3, -0.25) is 10.1 Å². The van der Waals surface area contributed by atoms with Crippen molar-refractivity contribution in [1.82, 2.24) is 0 Å². The van der Waals surface area contributed by atoms with Gasteiger partial charge in [0.15, 0.2) is 0 Å². The average molecular weight is 330 g/mol. The number of hydrogen-bond donors (Lipinski definition) is 1. The van der Waals surface area contributed by atoms with Crippen LogP contribution in [0.15, 0.2) is 51.1 Å². The van der Waals surface area contributed by atoms with Crippen molar-refractivity contribution in [3.8, 4) is 11.5 Å². The SMILES string of the molecule is COc1ccccc1[C@H]1C([N+](=O)[O-])=C(N)Oc2cc(C)oc(=O)c21. The molecule has 8 heteroatoms. The fourth-order valence-electron chi connectivity index (χ4n) is 2.79. The van der Waals surface area contributed by atoms with Crippen LogP contribution in [0.3, 0.4) is 0 Å². The Bertz CT molecular complexity index is 915. The largest absolute Gasteiger partial charge is 0.496 e. The number of allylic oxidation sites excluding steroid dienone is 1. The number of hydrogen-bond acceptors (Lipinski definition) is 7. The summed E-state index contributed by atoms with van der Waals surface area (Å²) < 4.78 is 15.7. The van der Waals surface area contributed by atoms with Gasteiger partial charge in [0.1, 0.15) is 23.2 Å². The fraction of sp³-hybridized carbons (Fsp3) is 0.188. The van der Waals surface area contributed by atoms with Gasteiger partial charge in [-0.15, -0.1) is 0 Å². The highest BCUT2D eigenvalue weighted by atomic mass is 16.6. The molecule has 3 rings (SSSR count). The van der Waals surface area contributed by atoms with Crippen molar-refractivity contribution in [2.24, 2.45) is 5.73 Å². The highest BCUT2D eigenvalue weighted by molar-refractivity contribution is 5.52. The molecule has 0 fully saturated rings. The van der Waals surface area contributed by atoms with Gasteiger partial charge >= 0.3 is 11.3 Å². The summed E-state index contributed by atoms with van der Waals surface area (Å²) in [4.78, 5) is 23.3. The van der Waals surface area contributed by atoms with Gasteiger partial charge in [-0.05, 0) is 13.0 Å². The molecule has 0 saturated carbocycles. The van der Waals surface area contributed by atoms with E-state index in [0.29, 0.717) is 17.1 Å². The monoisotopic (exact) mass is 330 g/mol. The number of nitro groups is 1. The molecule has 1 aliphatic heterocycles. The summed E-state index contributed by atoms with van der Waals surface area (Å²) >= 11 is 0. The second-order valence-electron chi connectivity index (χ2n) is 5.21. The number of rotatable bonds is 3. The van der Waals surface area contributed by atoms with Crippen LogP contribution in [0, 0.1) is 17.0 Å². The van der Waals surface area contributed by atoms with Crippen LogP contribution < -0.4 is 20.8 Å². The van der Waals surface area contributed by atoms with Gasteiger partial charge < -0.3 is 19.6 Å². The van der Waals surface area contributed by atoms with E-state index in [9.17, 15) is 14.9 Å². The molecule has 0 unspecified atom stereocenters. The number of nitrogens with zero attached hydrogens (tertiary/aromatic N) is 1. The lowest BCUT2D eigenvalue weighted by Crippen LogP contribution is -2.30. The van der Waals surface area contributed by atoms with Crippen LogP contribution in [0.2, 0.25) is 0 Å². The van der Waals surface area contributed by atoms with Crippen molar-refractivity contribution >= 4 is 0 Å². The van der Waals surface area contributed by atoms with E-state index in [1.165, 1.54) is 13.2 Å². The maximum Gasteiger partial charge on any atom is 0.344 e. The summed E-state index contributed by atoms with van der Waals surface area (Å²) in [7, 11) is 1.44. The number of methoxy groups -OCH3 is 1. The molecule has 2 heterocycles. The third-order valence-electron chi connectivity index (χ3n) is 3.75. The van der Waals surface area contributed by atoms with Crippen LogP contribution in [0.5, 0.6) is 11.5 Å². The minimum Gasteiger partial charge on any atom is -0.496 e. The van der Waals surface area contributed by atoms with Gasteiger partial charge in [-0.1, -0.05) is 18.2 Å². The van der Waals surface area contributed by atoms with Crippen molar-refractivity contribution in [3.05, 3.63) is 79.3 Å². The lowest BCUT2D eigenvalue weighted by atomic mass is 9.87. The Kier molecular flexibility index (Phi) is 3.72. The van der Waals surface area contributed by atoms with Gasteiger partial charge in [0, 0.05) is 11.6 Å². The van der Waals surface area contributed by atoms with E-state index in [-0.39, 0.29) is 17.2 Å². The summed E-state index contributed by atoms with van der Waals surface area (Å²) in [5.41, 5.74) is 5.06. The normalized spacial score (nSPS) is 16.3. The summed E-state index contributed by atoms with van der Waals surface area (Å²) in [5, 5.41) is 11.6. The second kappa shape index (κ2) is 5.73. The highest BCUT2D eigenvalue weighted by Crippen LogP contribution is 2.43. The summed E-state index contributed by atoms with van der Waals surface area (Å²) in [6.07, 6.45) is 0. The van der Waals surface area contributed by atoms with Crippen LogP contribution in [-0.4, -0.2) is 12.0 Å². The zero-order valence-electron chi connectivity index (χ0n) is 12.9. The van der Waals surface area contributed by atoms with Crippen LogP contribution >= 0.6 is 0 Å². The van der Waals surface area contributed by atoms with Crippen LogP contribution in [0.25, 0.3) is 0 Å². The molecule has 24 heavy (non-hydrogen) atoms.